The lowest BCUT2D eigenvalue weighted by molar-refractivity contribution is 0.0920. The van der Waals surface area contributed by atoms with E-state index in [-0.39, 0.29) is 12.5 Å². The highest BCUT2D eigenvalue weighted by Gasteiger charge is 2.11. The topological polar surface area (TPSA) is 63.9 Å². The molecule has 0 bridgehead atoms. The van der Waals surface area contributed by atoms with Gasteiger partial charge in [-0.25, -0.2) is 0 Å². The van der Waals surface area contributed by atoms with Gasteiger partial charge in [-0.05, 0) is 70.4 Å². The van der Waals surface area contributed by atoms with Crippen molar-refractivity contribution in [1.29, 1.82) is 0 Å². The second-order valence-corrected chi connectivity index (χ2v) is 5.87. The lowest BCUT2D eigenvalue weighted by Gasteiger charge is -2.09. The van der Waals surface area contributed by atoms with Gasteiger partial charge in [0.15, 0.2) is 5.76 Å². The average Bonchev–Trinajstić information content (AvgIpc) is 3.07. The van der Waals surface area contributed by atoms with E-state index in [1.165, 1.54) is 0 Å². The van der Waals surface area contributed by atoms with Crippen molar-refractivity contribution in [3.63, 3.8) is 0 Å². The number of ether oxygens (including phenoxy) is 2. The molecule has 2 aromatic rings. The summed E-state index contributed by atoms with van der Waals surface area (Å²) in [4.78, 5) is 14.1. The van der Waals surface area contributed by atoms with E-state index in [2.05, 4.69) is 10.2 Å². The van der Waals surface area contributed by atoms with Crippen LogP contribution in [0.2, 0.25) is 0 Å². The SMILES string of the molecule is CCOc1ccc(OCc2ccc(C(=O)NCCCN(C)C)o2)cc1. The highest BCUT2D eigenvalue weighted by atomic mass is 16.5. The molecule has 0 unspecified atom stereocenters. The van der Waals surface area contributed by atoms with Crippen molar-refractivity contribution in [3.8, 4) is 11.5 Å². The molecule has 2 rings (SSSR count). The molecular formula is C19H26N2O4. The molecule has 1 amide bonds. The third-order valence-corrected chi connectivity index (χ3v) is 3.47. The Kier molecular flexibility index (Phi) is 7.35. The summed E-state index contributed by atoms with van der Waals surface area (Å²) in [7, 11) is 4.01. The fourth-order valence-corrected chi connectivity index (χ4v) is 2.22. The third-order valence-electron chi connectivity index (χ3n) is 3.47. The molecule has 6 nitrogen and oxygen atoms in total. The fourth-order valence-electron chi connectivity index (χ4n) is 2.22. The van der Waals surface area contributed by atoms with Crippen molar-refractivity contribution >= 4 is 5.91 Å². The van der Waals surface area contributed by atoms with Crippen molar-refractivity contribution in [2.75, 3.05) is 33.8 Å². The Hall–Kier alpha value is -2.47. The Morgan fingerprint density at radius 3 is 2.40 bits per heavy atom. The van der Waals surface area contributed by atoms with Crippen LogP contribution in [-0.2, 0) is 6.61 Å². The van der Waals surface area contributed by atoms with Gasteiger partial charge in [0.25, 0.3) is 5.91 Å². The zero-order chi connectivity index (χ0) is 18.1. The summed E-state index contributed by atoms with van der Waals surface area (Å²) in [5, 5.41) is 2.85. The van der Waals surface area contributed by atoms with Gasteiger partial charge in [-0.3, -0.25) is 4.79 Å². The summed E-state index contributed by atoms with van der Waals surface area (Å²) in [6, 6.07) is 10.8. The second kappa shape index (κ2) is 9.74. The average molecular weight is 346 g/mol. The van der Waals surface area contributed by atoms with E-state index >= 15 is 0 Å². The molecule has 1 aromatic heterocycles. The molecule has 1 aromatic carbocycles. The zero-order valence-corrected chi connectivity index (χ0v) is 15.1. The van der Waals surface area contributed by atoms with E-state index in [9.17, 15) is 4.79 Å². The van der Waals surface area contributed by atoms with Crippen LogP contribution >= 0.6 is 0 Å². The van der Waals surface area contributed by atoms with Crippen molar-refractivity contribution < 1.29 is 18.7 Å². The molecule has 0 saturated carbocycles. The van der Waals surface area contributed by atoms with Crippen molar-refractivity contribution in [2.45, 2.75) is 20.0 Å². The van der Waals surface area contributed by atoms with Crippen LogP contribution in [0.1, 0.15) is 29.7 Å². The highest BCUT2D eigenvalue weighted by Crippen LogP contribution is 2.19. The van der Waals surface area contributed by atoms with Gasteiger partial charge in [0.1, 0.15) is 23.9 Å². The molecule has 0 fully saturated rings. The molecule has 0 aliphatic rings. The van der Waals surface area contributed by atoms with Gasteiger partial charge in [0, 0.05) is 6.54 Å². The standard InChI is InChI=1S/C19H26N2O4/c1-4-23-15-6-8-16(9-7-15)24-14-17-10-11-18(25-17)19(22)20-12-5-13-21(2)3/h6-11H,4-5,12-14H2,1-3H3,(H,20,22). The minimum Gasteiger partial charge on any atom is -0.494 e. The van der Waals surface area contributed by atoms with E-state index in [4.69, 9.17) is 13.9 Å². The molecule has 6 heteroatoms. The first kappa shape index (κ1) is 18.9. The molecular weight excluding hydrogens is 320 g/mol. The van der Waals surface area contributed by atoms with Gasteiger partial charge in [0.05, 0.1) is 6.61 Å². The van der Waals surface area contributed by atoms with Crippen LogP contribution in [-0.4, -0.2) is 44.6 Å². The first-order valence-electron chi connectivity index (χ1n) is 8.45. The summed E-state index contributed by atoms with van der Waals surface area (Å²) in [5.41, 5.74) is 0. The second-order valence-electron chi connectivity index (χ2n) is 5.87. The number of nitrogens with one attached hydrogen (secondary N) is 1. The van der Waals surface area contributed by atoms with Gasteiger partial charge >= 0.3 is 0 Å². The van der Waals surface area contributed by atoms with E-state index in [1.807, 2.05) is 45.3 Å². The molecule has 1 N–H and O–H groups in total. The van der Waals surface area contributed by atoms with Crippen molar-refractivity contribution in [2.24, 2.45) is 0 Å². The van der Waals surface area contributed by atoms with Crippen molar-refractivity contribution in [3.05, 3.63) is 47.9 Å². The number of nitrogens with zero attached hydrogens (tertiary/aromatic N) is 1. The largest absolute Gasteiger partial charge is 0.494 e. The number of carbonyl (C=O) groups excluding carboxylic acids is 1. The molecule has 0 aliphatic heterocycles. The van der Waals surface area contributed by atoms with Gasteiger partial charge < -0.3 is 24.1 Å². The summed E-state index contributed by atoms with van der Waals surface area (Å²) in [6.07, 6.45) is 0.896. The lowest BCUT2D eigenvalue weighted by Crippen LogP contribution is -2.26. The molecule has 0 atom stereocenters. The predicted molar refractivity (Wildman–Crippen MR) is 96.2 cm³/mol. The lowest BCUT2D eigenvalue weighted by atomic mass is 10.3. The quantitative estimate of drug-likeness (QED) is 0.670. The van der Waals surface area contributed by atoms with Gasteiger partial charge in [-0.15, -0.1) is 0 Å². The third kappa shape index (κ3) is 6.51. The van der Waals surface area contributed by atoms with Crippen LogP contribution < -0.4 is 14.8 Å². The number of rotatable bonds is 10. The summed E-state index contributed by atoms with van der Waals surface area (Å²) < 4.78 is 16.6. The van der Waals surface area contributed by atoms with Gasteiger partial charge in [-0.2, -0.15) is 0 Å². The molecule has 0 spiro atoms. The smallest absolute Gasteiger partial charge is 0.286 e. The first-order valence-corrected chi connectivity index (χ1v) is 8.45. The zero-order valence-electron chi connectivity index (χ0n) is 15.1. The van der Waals surface area contributed by atoms with Crippen LogP contribution in [0.3, 0.4) is 0 Å². The van der Waals surface area contributed by atoms with Gasteiger partial charge in [-0.1, -0.05) is 0 Å². The van der Waals surface area contributed by atoms with Gasteiger partial charge in [0.2, 0.25) is 0 Å². The Balaban J connectivity index is 1.77. The number of carbonyl (C=O) groups is 1. The Morgan fingerprint density at radius 1 is 1.08 bits per heavy atom. The number of amides is 1. The molecule has 25 heavy (non-hydrogen) atoms. The van der Waals surface area contributed by atoms with Crippen LogP contribution in [0.4, 0.5) is 0 Å². The molecule has 1 heterocycles. The Bertz CT molecular complexity index is 650. The molecule has 0 radical (unpaired) electrons. The first-order chi connectivity index (χ1) is 12.1. The number of benzene rings is 1. The molecule has 136 valence electrons. The predicted octanol–water partition coefficient (Wildman–Crippen LogP) is 2.94. The van der Waals surface area contributed by atoms with E-state index < -0.39 is 0 Å². The maximum absolute atomic E-state index is 12.0. The maximum atomic E-state index is 12.0. The number of hydrogen-bond donors (Lipinski definition) is 1. The Morgan fingerprint density at radius 2 is 1.76 bits per heavy atom. The van der Waals surface area contributed by atoms with E-state index in [0.29, 0.717) is 24.7 Å². The fraction of sp³-hybridized carbons (Fsp3) is 0.421. The number of hydrogen-bond acceptors (Lipinski definition) is 5. The molecule has 0 aliphatic carbocycles. The summed E-state index contributed by atoms with van der Waals surface area (Å²) >= 11 is 0. The summed E-state index contributed by atoms with van der Waals surface area (Å²) in [5.74, 6) is 2.23. The maximum Gasteiger partial charge on any atom is 0.286 e. The van der Waals surface area contributed by atoms with Crippen LogP contribution in [0, 0.1) is 0 Å². The highest BCUT2D eigenvalue weighted by molar-refractivity contribution is 5.91. The normalized spacial score (nSPS) is 10.7. The van der Waals surface area contributed by atoms with Crippen LogP contribution in [0.25, 0.3) is 0 Å². The van der Waals surface area contributed by atoms with Crippen molar-refractivity contribution in [1.82, 2.24) is 10.2 Å². The summed E-state index contributed by atoms with van der Waals surface area (Å²) in [6.45, 7) is 4.39. The number of furan rings is 1. The van der Waals surface area contributed by atoms with E-state index in [0.717, 1.165) is 24.5 Å². The monoisotopic (exact) mass is 346 g/mol. The van der Waals surface area contributed by atoms with E-state index in [1.54, 1.807) is 12.1 Å². The van der Waals surface area contributed by atoms with Crippen LogP contribution in [0.5, 0.6) is 11.5 Å². The van der Waals surface area contributed by atoms with Crippen LogP contribution in [0.15, 0.2) is 40.8 Å². The molecule has 0 saturated heterocycles. The minimum atomic E-state index is -0.203. The Labute approximate surface area is 148 Å². The minimum absolute atomic E-state index is 0.203.